The smallest absolute Gasteiger partial charge is 0.323 e. The zero-order valence-electron chi connectivity index (χ0n) is 10.6. The fourth-order valence-electron chi connectivity index (χ4n) is 2.01. The quantitative estimate of drug-likeness (QED) is 0.682. The number of aryl methyl sites for hydroxylation is 1. The average Bonchev–Trinajstić information content (AvgIpc) is 2.67. The molecule has 0 saturated heterocycles. The van der Waals surface area contributed by atoms with E-state index in [1.807, 2.05) is 6.92 Å². The number of amides is 1. The van der Waals surface area contributed by atoms with Gasteiger partial charge in [0.05, 0.1) is 6.54 Å². The summed E-state index contributed by atoms with van der Waals surface area (Å²) in [5.74, 6) is 5.54. The van der Waals surface area contributed by atoms with E-state index in [9.17, 15) is 9.59 Å². The minimum atomic E-state index is -0.207. The van der Waals surface area contributed by atoms with Crippen molar-refractivity contribution in [2.45, 2.75) is 39.9 Å². The lowest BCUT2D eigenvalue weighted by Crippen LogP contribution is -2.40. The molecule has 96 valence electrons. The molecule has 0 unspecified atom stereocenters. The van der Waals surface area contributed by atoms with Crippen molar-refractivity contribution >= 4 is 5.91 Å². The second-order valence-corrected chi connectivity index (χ2v) is 4.18. The van der Waals surface area contributed by atoms with E-state index in [1.54, 1.807) is 16.4 Å². The Kier molecular flexibility index (Phi) is 3.51. The second kappa shape index (κ2) is 5.08. The summed E-state index contributed by atoms with van der Waals surface area (Å²) in [4.78, 5) is 25.2. The highest BCUT2D eigenvalue weighted by atomic mass is 16.2. The third kappa shape index (κ3) is 2.16. The fourth-order valence-corrected chi connectivity index (χ4v) is 2.01. The summed E-state index contributed by atoms with van der Waals surface area (Å²) in [5, 5.41) is 4.26. The van der Waals surface area contributed by atoms with Gasteiger partial charge >= 0.3 is 5.69 Å². The maximum Gasteiger partial charge on any atom is 0.346 e. The maximum atomic E-state index is 11.9. The highest BCUT2D eigenvalue weighted by Crippen LogP contribution is 2.07. The molecule has 0 aromatic carbocycles. The van der Waals surface area contributed by atoms with Crippen LogP contribution in [0.2, 0.25) is 0 Å². The van der Waals surface area contributed by atoms with E-state index in [1.165, 1.54) is 4.68 Å². The normalized spacial score (nSPS) is 13.8. The molecule has 6 heteroatoms. The molecule has 0 aliphatic carbocycles. The van der Waals surface area contributed by atoms with Gasteiger partial charge in [0, 0.05) is 19.6 Å². The number of hydrogen-bond donors (Lipinski definition) is 0. The lowest BCUT2D eigenvalue weighted by molar-refractivity contribution is -0.126. The Hall–Kier alpha value is -2.03. The molecule has 0 N–H and O–H groups in total. The molecule has 0 radical (unpaired) electrons. The molecule has 1 aromatic heterocycles. The minimum Gasteiger partial charge on any atom is -0.323 e. The third-order valence-electron chi connectivity index (χ3n) is 2.88. The summed E-state index contributed by atoms with van der Waals surface area (Å²) in [6.07, 6.45) is 0.861. The zero-order valence-corrected chi connectivity index (χ0v) is 10.6. The van der Waals surface area contributed by atoms with Crippen LogP contribution in [0.1, 0.15) is 26.1 Å². The molecule has 2 heterocycles. The van der Waals surface area contributed by atoms with Crippen LogP contribution in [0.5, 0.6) is 0 Å². The molecule has 1 aliphatic heterocycles. The van der Waals surface area contributed by atoms with Crippen molar-refractivity contribution in [1.29, 1.82) is 0 Å². The number of carbonyl (C=O) groups is 1. The molecule has 0 atom stereocenters. The SMILES string of the molecule is CC#CC(=O)N1CCn2c(nn(CCC)c2=O)C1. The summed E-state index contributed by atoms with van der Waals surface area (Å²) >= 11 is 0. The second-order valence-electron chi connectivity index (χ2n) is 4.18. The first-order valence-corrected chi connectivity index (χ1v) is 6.05. The molecule has 0 fully saturated rings. The van der Waals surface area contributed by atoms with Crippen molar-refractivity contribution in [3.05, 3.63) is 16.3 Å². The van der Waals surface area contributed by atoms with Crippen molar-refractivity contribution in [3.8, 4) is 11.8 Å². The van der Waals surface area contributed by atoms with Crippen LogP contribution in [0.25, 0.3) is 0 Å². The summed E-state index contributed by atoms with van der Waals surface area (Å²) < 4.78 is 3.10. The molecule has 2 rings (SSSR count). The Morgan fingerprint density at radius 2 is 2.22 bits per heavy atom. The number of aromatic nitrogens is 3. The van der Waals surface area contributed by atoms with E-state index in [2.05, 4.69) is 16.9 Å². The monoisotopic (exact) mass is 248 g/mol. The Morgan fingerprint density at radius 1 is 1.44 bits per heavy atom. The van der Waals surface area contributed by atoms with Gasteiger partial charge in [-0.2, -0.15) is 5.10 Å². The third-order valence-corrected chi connectivity index (χ3v) is 2.88. The first kappa shape index (κ1) is 12.4. The molecule has 0 saturated carbocycles. The largest absolute Gasteiger partial charge is 0.346 e. The van der Waals surface area contributed by atoms with E-state index in [0.29, 0.717) is 32.0 Å². The van der Waals surface area contributed by atoms with Crippen LogP contribution in [0, 0.1) is 11.8 Å². The Labute approximate surface area is 105 Å². The highest BCUT2D eigenvalue weighted by molar-refractivity contribution is 5.93. The van der Waals surface area contributed by atoms with Crippen LogP contribution in [0.3, 0.4) is 0 Å². The van der Waals surface area contributed by atoms with Crippen molar-refractivity contribution in [3.63, 3.8) is 0 Å². The molecule has 1 amide bonds. The van der Waals surface area contributed by atoms with Gasteiger partial charge in [0.25, 0.3) is 5.91 Å². The number of nitrogens with zero attached hydrogens (tertiary/aromatic N) is 4. The standard InChI is InChI=1S/C12H16N4O2/c1-3-5-11(17)14-7-8-15-10(9-14)13-16(6-4-2)12(15)18/h4,6-9H2,1-2H3. The summed E-state index contributed by atoms with van der Waals surface area (Å²) in [6, 6.07) is 0. The first-order valence-electron chi connectivity index (χ1n) is 6.05. The highest BCUT2D eigenvalue weighted by Gasteiger charge is 2.23. The van der Waals surface area contributed by atoms with Crippen LogP contribution >= 0.6 is 0 Å². The van der Waals surface area contributed by atoms with E-state index < -0.39 is 0 Å². The molecule has 18 heavy (non-hydrogen) atoms. The average molecular weight is 248 g/mol. The van der Waals surface area contributed by atoms with E-state index >= 15 is 0 Å². The zero-order chi connectivity index (χ0) is 13.1. The predicted molar refractivity (Wildman–Crippen MR) is 65.6 cm³/mol. The topological polar surface area (TPSA) is 60.1 Å². The van der Waals surface area contributed by atoms with E-state index in [0.717, 1.165) is 6.42 Å². The molecular weight excluding hydrogens is 232 g/mol. The van der Waals surface area contributed by atoms with Gasteiger partial charge in [-0.15, -0.1) is 0 Å². The molecule has 1 aromatic rings. The number of hydrogen-bond acceptors (Lipinski definition) is 3. The lowest BCUT2D eigenvalue weighted by Gasteiger charge is -2.24. The van der Waals surface area contributed by atoms with E-state index in [-0.39, 0.29) is 11.6 Å². The van der Waals surface area contributed by atoms with Gasteiger partial charge < -0.3 is 4.90 Å². The molecule has 1 aliphatic rings. The molecular formula is C12H16N4O2. The van der Waals surface area contributed by atoms with Gasteiger partial charge in [0.2, 0.25) is 0 Å². The van der Waals surface area contributed by atoms with Crippen molar-refractivity contribution in [2.24, 2.45) is 0 Å². The molecule has 0 bridgehead atoms. The van der Waals surface area contributed by atoms with Crippen LogP contribution in [0.4, 0.5) is 0 Å². The number of rotatable bonds is 2. The van der Waals surface area contributed by atoms with Crippen molar-refractivity contribution in [2.75, 3.05) is 6.54 Å². The van der Waals surface area contributed by atoms with Crippen LogP contribution < -0.4 is 5.69 Å². The van der Waals surface area contributed by atoms with Gasteiger partial charge in [0.1, 0.15) is 0 Å². The summed E-state index contributed by atoms with van der Waals surface area (Å²) in [5.41, 5.74) is -0.0828. The predicted octanol–water partition coefficient (Wildman–Crippen LogP) is -0.180. The van der Waals surface area contributed by atoms with Crippen LogP contribution in [0.15, 0.2) is 4.79 Å². The minimum absolute atomic E-state index is 0.0828. The first-order chi connectivity index (χ1) is 8.67. The van der Waals surface area contributed by atoms with Gasteiger partial charge in [-0.05, 0) is 19.3 Å². The molecule has 6 nitrogen and oxygen atoms in total. The van der Waals surface area contributed by atoms with Crippen molar-refractivity contribution in [1.82, 2.24) is 19.2 Å². The summed E-state index contributed by atoms with van der Waals surface area (Å²) in [6.45, 7) is 5.61. The fraction of sp³-hybridized carbons (Fsp3) is 0.583. The van der Waals surface area contributed by atoms with Gasteiger partial charge in [0.15, 0.2) is 5.82 Å². The Morgan fingerprint density at radius 3 is 2.89 bits per heavy atom. The van der Waals surface area contributed by atoms with Gasteiger partial charge in [-0.1, -0.05) is 12.8 Å². The van der Waals surface area contributed by atoms with E-state index in [4.69, 9.17) is 0 Å². The Bertz CT molecular complexity index is 573. The summed E-state index contributed by atoms with van der Waals surface area (Å²) in [7, 11) is 0. The van der Waals surface area contributed by atoms with Crippen LogP contribution in [-0.4, -0.2) is 31.7 Å². The van der Waals surface area contributed by atoms with Gasteiger partial charge in [-0.25, -0.2) is 9.48 Å². The lowest BCUT2D eigenvalue weighted by atomic mass is 10.3. The van der Waals surface area contributed by atoms with Crippen molar-refractivity contribution < 1.29 is 4.79 Å². The molecule has 0 spiro atoms. The maximum absolute atomic E-state index is 11.9. The number of fused-ring (bicyclic) bond motifs is 1. The Balaban J connectivity index is 2.24. The number of carbonyl (C=O) groups excluding carboxylic acids is 1. The van der Waals surface area contributed by atoms with Crippen LogP contribution in [-0.2, 0) is 24.4 Å². The van der Waals surface area contributed by atoms with Gasteiger partial charge in [-0.3, -0.25) is 9.36 Å².